The number of aromatic amines is 1. The minimum atomic E-state index is -0.381. The van der Waals surface area contributed by atoms with Crippen LogP contribution in [0, 0.1) is 19.3 Å². The molecule has 154 valence electrons. The van der Waals surface area contributed by atoms with Crippen LogP contribution in [0.25, 0.3) is 11.2 Å². The molecular formula is C20H27N7O2. The first-order chi connectivity index (χ1) is 14.1. The summed E-state index contributed by atoms with van der Waals surface area (Å²) >= 11 is 0. The fraction of sp³-hybridized carbons (Fsp3) is 0.600. The fourth-order valence-electron chi connectivity index (χ4n) is 5.13. The number of aliphatic hydroxyl groups excluding tert-OH is 2. The van der Waals surface area contributed by atoms with Crippen molar-refractivity contribution in [3.8, 4) is 0 Å². The van der Waals surface area contributed by atoms with Crippen LogP contribution in [0.15, 0.2) is 12.7 Å². The molecule has 9 heteroatoms. The van der Waals surface area contributed by atoms with Gasteiger partial charge >= 0.3 is 0 Å². The quantitative estimate of drug-likeness (QED) is 0.601. The Morgan fingerprint density at radius 3 is 2.66 bits per heavy atom. The van der Waals surface area contributed by atoms with Crippen molar-refractivity contribution < 1.29 is 10.2 Å². The van der Waals surface area contributed by atoms with E-state index in [1.54, 1.807) is 6.33 Å². The Balaban J connectivity index is 1.50. The van der Waals surface area contributed by atoms with Gasteiger partial charge in [-0.05, 0) is 39.5 Å². The molecule has 0 amide bonds. The fourth-order valence-corrected chi connectivity index (χ4v) is 5.13. The lowest BCUT2D eigenvalue weighted by Gasteiger charge is -2.45. The zero-order valence-electron chi connectivity index (χ0n) is 16.8. The number of imidazole rings is 1. The van der Waals surface area contributed by atoms with Crippen molar-refractivity contribution in [3.63, 3.8) is 0 Å². The second-order valence-corrected chi connectivity index (χ2v) is 8.60. The van der Waals surface area contributed by atoms with E-state index in [0.717, 1.165) is 60.6 Å². The first-order valence-corrected chi connectivity index (χ1v) is 10.2. The minimum absolute atomic E-state index is 0.00568. The molecule has 0 spiro atoms. The molecular weight excluding hydrogens is 370 g/mol. The summed E-state index contributed by atoms with van der Waals surface area (Å²) in [5, 5.41) is 26.7. The topological polar surface area (TPSA) is 116 Å². The van der Waals surface area contributed by atoms with E-state index in [-0.39, 0.29) is 30.7 Å². The van der Waals surface area contributed by atoms with Crippen LogP contribution in [0.1, 0.15) is 54.7 Å². The van der Waals surface area contributed by atoms with Gasteiger partial charge in [0.1, 0.15) is 6.33 Å². The highest BCUT2D eigenvalue weighted by atomic mass is 16.3. The highest BCUT2D eigenvalue weighted by molar-refractivity contribution is 5.84. The molecule has 0 radical (unpaired) electrons. The van der Waals surface area contributed by atoms with Crippen molar-refractivity contribution >= 4 is 17.0 Å². The Hall–Kier alpha value is -2.52. The average molecular weight is 397 g/mol. The molecule has 5 rings (SSSR count). The minimum Gasteiger partial charge on any atom is -0.396 e. The number of aromatic nitrogens is 6. The third kappa shape index (κ3) is 2.75. The summed E-state index contributed by atoms with van der Waals surface area (Å²) in [6.45, 7) is 5.05. The summed E-state index contributed by atoms with van der Waals surface area (Å²) in [5.41, 5.74) is 4.64. The lowest BCUT2D eigenvalue weighted by Crippen LogP contribution is -2.44. The van der Waals surface area contributed by atoms with Crippen LogP contribution < -0.4 is 4.90 Å². The SMILES string of the molecule is Cc1n[nH]c(C)c1C1CCCN1c1ncnc2c1ncn2C1CC(CO)(CO)C1. The molecule has 2 fully saturated rings. The number of H-pyrrole nitrogens is 1. The van der Waals surface area contributed by atoms with E-state index in [2.05, 4.69) is 41.5 Å². The average Bonchev–Trinajstić information content (AvgIpc) is 3.41. The van der Waals surface area contributed by atoms with Crippen LogP contribution in [0.3, 0.4) is 0 Å². The maximum absolute atomic E-state index is 9.59. The Bertz CT molecular complexity index is 1010. The lowest BCUT2D eigenvalue weighted by atomic mass is 9.66. The van der Waals surface area contributed by atoms with Crippen molar-refractivity contribution in [1.29, 1.82) is 0 Å². The molecule has 9 nitrogen and oxygen atoms in total. The van der Waals surface area contributed by atoms with Gasteiger partial charge in [-0.25, -0.2) is 15.0 Å². The van der Waals surface area contributed by atoms with E-state index in [9.17, 15) is 10.2 Å². The predicted molar refractivity (Wildman–Crippen MR) is 108 cm³/mol. The number of anilines is 1. The van der Waals surface area contributed by atoms with Crippen molar-refractivity contribution in [2.24, 2.45) is 5.41 Å². The van der Waals surface area contributed by atoms with Crippen molar-refractivity contribution in [1.82, 2.24) is 29.7 Å². The van der Waals surface area contributed by atoms with E-state index in [4.69, 9.17) is 0 Å². The zero-order valence-corrected chi connectivity index (χ0v) is 16.8. The van der Waals surface area contributed by atoms with Crippen LogP contribution in [0.5, 0.6) is 0 Å². The summed E-state index contributed by atoms with van der Waals surface area (Å²) in [6.07, 6.45) is 7.05. The molecule has 3 aromatic rings. The summed E-state index contributed by atoms with van der Waals surface area (Å²) in [5.74, 6) is 0.867. The summed E-state index contributed by atoms with van der Waals surface area (Å²) in [4.78, 5) is 16.1. The number of hydrogen-bond donors (Lipinski definition) is 3. The van der Waals surface area contributed by atoms with Gasteiger partial charge in [0.15, 0.2) is 17.0 Å². The summed E-state index contributed by atoms with van der Waals surface area (Å²) < 4.78 is 2.07. The van der Waals surface area contributed by atoms with Crippen molar-refractivity contribution in [2.45, 2.75) is 51.6 Å². The molecule has 2 aliphatic rings. The molecule has 1 aliphatic heterocycles. The Kier molecular flexibility index (Phi) is 4.32. The van der Waals surface area contributed by atoms with Gasteiger partial charge in [-0.3, -0.25) is 5.10 Å². The molecule has 0 aromatic carbocycles. The largest absolute Gasteiger partial charge is 0.396 e. The maximum atomic E-state index is 9.59. The molecule has 1 unspecified atom stereocenters. The van der Waals surface area contributed by atoms with E-state index < -0.39 is 0 Å². The molecule has 3 N–H and O–H groups in total. The molecule has 1 aliphatic carbocycles. The summed E-state index contributed by atoms with van der Waals surface area (Å²) in [7, 11) is 0. The van der Waals surface area contributed by atoms with Crippen molar-refractivity contribution in [3.05, 3.63) is 29.6 Å². The second-order valence-electron chi connectivity index (χ2n) is 8.60. The normalized spacial score (nSPS) is 21.8. The Morgan fingerprint density at radius 2 is 1.97 bits per heavy atom. The lowest BCUT2D eigenvalue weighted by molar-refractivity contribution is -0.0421. The molecule has 29 heavy (non-hydrogen) atoms. The monoisotopic (exact) mass is 397 g/mol. The maximum Gasteiger partial charge on any atom is 0.165 e. The first kappa shape index (κ1) is 18.5. The molecule has 1 atom stereocenters. The molecule has 1 saturated heterocycles. The van der Waals surface area contributed by atoms with Gasteiger partial charge in [0, 0.05) is 29.3 Å². The van der Waals surface area contributed by atoms with Gasteiger partial charge in [0.05, 0.1) is 31.3 Å². The van der Waals surface area contributed by atoms with Gasteiger partial charge < -0.3 is 19.7 Å². The Morgan fingerprint density at radius 1 is 1.17 bits per heavy atom. The predicted octanol–water partition coefficient (Wildman–Crippen LogP) is 1.81. The standard InChI is InChI=1S/C20H27N7O2/c1-12-16(13(2)25-24-12)15-4-3-5-26(15)18-17-19(22-10-21-18)27(11-23-17)14-6-20(7-14,8-28)9-29/h10-11,14-15,28-29H,3-9H2,1-2H3,(H,24,25). The number of aryl methyl sites for hydroxylation is 2. The molecule has 3 aromatic heterocycles. The van der Waals surface area contributed by atoms with E-state index in [1.165, 1.54) is 5.56 Å². The Labute approximate surface area is 168 Å². The number of fused-ring (bicyclic) bond motifs is 1. The van der Waals surface area contributed by atoms with Crippen LogP contribution in [0.2, 0.25) is 0 Å². The zero-order chi connectivity index (χ0) is 20.2. The van der Waals surface area contributed by atoms with Gasteiger partial charge in [0.25, 0.3) is 0 Å². The van der Waals surface area contributed by atoms with Crippen LogP contribution in [-0.2, 0) is 0 Å². The second kappa shape index (κ2) is 6.77. The third-order valence-electron chi connectivity index (χ3n) is 6.78. The number of nitrogens with one attached hydrogen (secondary N) is 1. The highest BCUT2D eigenvalue weighted by Crippen LogP contribution is 2.49. The molecule has 0 bridgehead atoms. The number of nitrogens with zero attached hydrogens (tertiary/aromatic N) is 6. The van der Waals surface area contributed by atoms with Crippen LogP contribution >= 0.6 is 0 Å². The van der Waals surface area contributed by atoms with Gasteiger partial charge in [-0.2, -0.15) is 5.10 Å². The van der Waals surface area contributed by atoms with E-state index in [0.29, 0.717) is 0 Å². The third-order valence-corrected chi connectivity index (χ3v) is 6.78. The highest BCUT2D eigenvalue weighted by Gasteiger charge is 2.45. The molecule has 1 saturated carbocycles. The molecule has 4 heterocycles. The summed E-state index contributed by atoms with van der Waals surface area (Å²) in [6, 6.07) is 0.423. The number of rotatable bonds is 5. The van der Waals surface area contributed by atoms with Crippen LogP contribution in [-0.4, -0.2) is 59.7 Å². The van der Waals surface area contributed by atoms with E-state index >= 15 is 0 Å². The van der Waals surface area contributed by atoms with Gasteiger partial charge in [-0.15, -0.1) is 0 Å². The smallest absolute Gasteiger partial charge is 0.165 e. The van der Waals surface area contributed by atoms with Crippen LogP contribution in [0.4, 0.5) is 5.82 Å². The van der Waals surface area contributed by atoms with Crippen molar-refractivity contribution in [2.75, 3.05) is 24.7 Å². The van der Waals surface area contributed by atoms with Gasteiger partial charge in [0.2, 0.25) is 0 Å². The first-order valence-electron chi connectivity index (χ1n) is 10.2. The number of aliphatic hydroxyl groups is 2. The van der Waals surface area contributed by atoms with E-state index in [1.807, 2.05) is 13.3 Å². The van der Waals surface area contributed by atoms with Gasteiger partial charge in [-0.1, -0.05) is 0 Å². The number of hydrogen-bond acceptors (Lipinski definition) is 7.